The highest BCUT2D eigenvalue weighted by atomic mass is 31.0. The Bertz CT molecular complexity index is 1980. The van der Waals surface area contributed by atoms with Crippen molar-refractivity contribution in [2.45, 2.75) is 94.5 Å². The second-order valence-corrected chi connectivity index (χ2v) is 16.4. The number of amides is 1. The number of aryl methyl sites for hydroxylation is 4. The molecule has 11 heteroatoms. The van der Waals surface area contributed by atoms with Crippen LogP contribution in [0.5, 0.6) is 0 Å². The van der Waals surface area contributed by atoms with Gasteiger partial charge >= 0.3 is 11.9 Å². The zero-order chi connectivity index (χ0) is 43.8. The Morgan fingerprint density at radius 1 is 0.627 bits per heavy atom. The number of aliphatic hydroxyl groups excluding tert-OH is 2. The van der Waals surface area contributed by atoms with E-state index in [9.17, 15) is 34.8 Å². The molecule has 0 spiro atoms. The minimum atomic E-state index is -1.30. The number of aliphatic hydroxyl groups is 2. The van der Waals surface area contributed by atoms with Crippen LogP contribution in [0.1, 0.15) is 81.3 Å². The second-order valence-electron chi connectivity index (χ2n) is 15.9. The van der Waals surface area contributed by atoms with Crippen molar-refractivity contribution in [1.82, 2.24) is 5.32 Å². The lowest BCUT2D eigenvalue weighted by molar-refractivity contribution is -0.152. The summed E-state index contributed by atoms with van der Waals surface area (Å²) in [4.78, 5) is 43.5. The summed E-state index contributed by atoms with van der Waals surface area (Å²) >= 11 is 0. The van der Waals surface area contributed by atoms with Gasteiger partial charge in [-0.05, 0) is 124 Å². The number of benzene rings is 4. The predicted molar refractivity (Wildman–Crippen MR) is 241 cm³/mol. The van der Waals surface area contributed by atoms with Crippen LogP contribution in [0.4, 0.5) is 0 Å². The quantitative estimate of drug-likeness (QED) is 0.0602. The smallest absolute Gasteiger partial charge is 0.311 e. The van der Waals surface area contributed by atoms with Gasteiger partial charge < -0.3 is 30.8 Å². The Balaban J connectivity index is 0.000000533. The fourth-order valence-corrected chi connectivity index (χ4v) is 7.01. The van der Waals surface area contributed by atoms with Gasteiger partial charge in [0.05, 0.1) is 24.0 Å². The summed E-state index contributed by atoms with van der Waals surface area (Å²) in [6.07, 6.45) is 2.72. The molecule has 0 aliphatic carbocycles. The molecule has 0 bridgehead atoms. The van der Waals surface area contributed by atoms with E-state index >= 15 is 0 Å². The number of carboxylic acids is 3. The fraction of sp³-hybridized carbons (Fsp3) is 0.417. The number of hydrogen-bond donors (Lipinski definition) is 6. The molecule has 0 saturated carbocycles. The van der Waals surface area contributed by atoms with Crippen molar-refractivity contribution in [3.05, 3.63) is 118 Å². The minimum Gasteiger partial charge on any atom is -0.481 e. The molecule has 4 rings (SSSR count). The lowest BCUT2D eigenvalue weighted by Crippen LogP contribution is -2.43. The molecule has 0 saturated heterocycles. The first-order valence-corrected chi connectivity index (χ1v) is 20.2. The number of aliphatic carboxylic acids is 3. The number of carbonyl (C=O) groups excluding carboxylic acids is 1. The SMILES string of the molecule is C.CC(=O)N[C@H](Cc1ccc(-c2cc(C)ccc2C)cc1)C[C@@](C)(CO)C(=O)O.CC(=O)O.Cc1ccc(C)c(-c2ccc(C[C@@H](CP)C[C@@](C)(CO)C(=O)O)cc2)c1. The van der Waals surface area contributed by atoms with Gasteiger partial charge in [0.15, 0.2) is 0 Å². The van der Waals surface area contributed by atoms with Crippen LogP contribution in [0.25, 0.3) is 22.3 Å². The molecule has 4 aromatic rings. The van der Waals surface area contributed by atoms with E-state index < -0.39 is 35.3 Å². The summed E-state index contributed by atoms with van der Waals surface area (Å²) in [5.41, 5.74) is 9.46. The lowest BCUT2D eigenvalue weighted by atomic mass is 9.80. The Morgan fingerprint density at radius 2 is 1.00 bits per heavy atom. The standard InChI is InChI=1S/C23H29NO4.C22H29O3P.C2H4O2.CH4/c1-15-5-6-16(2)21(11-15)19-9-7-18(8-10-19)12-20(24-17(3)26)13-23(4,14-25)22(27)28;1-15-4-5-16(2)20(10-15)19-8-6-17(7-9-19)11-18(13-26)12-22(3,14-23)21(24)25;1-2(3)4;/h5-11,20,25H,12-14H2,1-4H3,(H,24,26)(H,27,28);4-10,18,23H,11-14,26H2,1-3H3,(H,24,25);1H3,(H,3,4);1H4/t20-,23+;18-,22+;;/m11../s1. The van der Waals surface area contributed by atoms with Crippen molar-refractivity contribution in [1.29, 1.82) is 0 Å². The Kier molecular flexibility index (Phi) is 21.4. The third-order valence-corrected chi connectivity index (χ3v) is 10.9. The molecule has 322 valence electrons. The topological polar surface area (TPSA) is 181 Å². The zero-order valence-corrected chi connectivity index (χ0v) is 36.3. The molecule has 0 heterocycles. The number of hydrogen-bond acceptors (Lipinski definition) is 6. The van der Waals surface area contributed by atoms with Gasteiger partial charge in [0.2, 0.25) is 5.91 Å². The van der Waals surface area contributed by atoms with E-state index in [4.69, 9.17) is 9.90 Å². The third-order valence-electron chi connectivity index (χ3n) is 10.2. The van der Waals surface area contributed by atoms with Crippen LogP contribution in [0.15, 0.2) is 84.9 Å². The molecule has 10 nitrogen and oxygen atoms in total. The van der Waals surface area contributed by atoms with Gasteiger partial charge in [-0.2, -0.15) is 0 Å². The molecule has 0 aliphatic heterocycles. The number of carbonyl (C=O) groups is 4. The minimum absolute atomic E-state index is 0. The summed E-state index contributed by atoms with van der Waals surface area (Å²) in [5.74, 6) is -2.87. The first-order valence-electron chi connectivity index (χ1n) is 19.3. The molecule has 0 fully saturated rings. The van der Waals surface area contributed by atoms with E-state index in [1.54, 1.807) is 6.92 Å². The normalized spacial score (nSPS) is 13.6. The van der Waals surface area contributed by atoms with Crippen molar-refractivity contribution >= 4 is 33.1 Å². The van der Waals surface area contributed by atoms with Crippen LogP contribution in [-0.2, 0) is 32.0 Å². The van der Waals surface area contributed by atoms with E-state index in [0.29, 0.717) is 12.8 Å². The molecular formula is C48H66NO9P. The first-order chi connectivity index (χ1) is 27.2. The van der Waals surface area contributed by atoms with Gasteiger partial charge in [0.25, 0.3) is 5.97 Å². The van der Waals surface area contributed by atoms with E-state index in [2.05, 4.69) is 103 Å². The van der Waals surface area contributed by atoms with Crippen LogP contribution in [-0.4, -0.2) is 74.8 Å². The molecule has 4 aromatic carbocycles. The lowest BCUT2D eigenvalue weighted by Gasteiger charge is -2.28. The summed E-state index contributed by atoms with van der Waals surface area (Å²) in [6.45, 7) is 13.1. The number of carboxylic acid groups (broad SMARTS) is 3. The maximum Gasteiger partial charge on any atom is 0.311 e. The highest BCUT2D eigenvalue weighted by Crippen LogP contribution is 2.31. The average molecular weight is 832 g/mol. The van der Waals surface area contributed by atoms with Crippen LogP contribution >= 0.6 is 9.24 Å². The molecule has 0 aliphatic rings. The van der Waals surface area contributed by atoms with Crippen molar-refractivity contribution in [2.24, 2.45) is 16.7 Å². The highest BCUT2D eigenvalue weighted by molar-refractivity contribution is 7.16. The molecule has 59 heavy (non-hydrogen) atoms. The Morgan fingerprint density at radius 3 is 1.34 bits per heavy atom. The number of nitrogens with one attached hydrogen (secondary N) is 1. The Hall–Kier alpha value is -4.89. The first kappa shape index (κ1) is 52.1. The molecule has 1 amide bonds. The van der Waals surface area contributed by atoms with Crippen molar-refractivity contribution in [3.8, 4) is 22.3 Å². The largest absolute Gasteiger partial charge is 0.481 e. The van der Waals surface area contributed by atoms with Gasteiger partial charge in [0, 0.05) is 19.9 Å². The maximum absolute atomic E-state index is 11.6. The molecule has 5 atom stereocenters. The zero-order valence-electron chi connectivity index (χ0n) is 35.1. The predicted octanol–water partition coefficient (Wildman–Crippen LogP) is 8.70. The van der Waals surface area contributed by atoms with Gasteiger partial charge in [-0.25, -0.2) is 0 Å². The van der Waals surface area contributed by atoms with Crippen LogP contribution in [0.2, 0.25) is 0 Å². The van der Waals surface area contributed by atoms with E-state index in [-0.39, 0.29) is 38.3 Å². The van der Waals surface area contributed by atoms with Crippen LogP contribution < -0.4 is 5.32 Å². The third kappa shape index (κ3) is 16.7. The van der Waals surface area contributed by atoms with Crippen LogP contribution in [0.3, 0.4) is 0 Å². The van der Waals surface area contributed by atoms with Gasteiger partial charge in [-0.1, -0.05) is 103 Å². The summed E-state index contributed by atoms with van der Waals surface area (Å²) in [6, 6.07) is 29.1. The maximum atomic E-state index is 11.6. The summed E-state index contributed by atoms with van der Waals surface area (Å²) in [5, 5.41) is 48.1. The van der Waals surface area contributed by atoms with Crippen molar-refractivity contribution < 1.29 is 44.7 Å². The monoisotopic (exact) mass is 831 g/mol. The molecule has 1 unspecified atom stereocenters. The molecule has 6 N–H and O–H groups in total. The molecule has 0 aromatic heterocycles. The van der Waals surface area contributed by atoms with Crippen molar-refractivity contribution in [3.63, 3.8) is 0 Å². The number of rotatable bonds is 16. The second kappa shape index (κ2) is 24.3. The Labute approximate surface area is 353 Å². The van der Waals surface area contributed by atoms with Gasteiger partial charge in [0.1, 0.15) is 0 Å². The van der Waals surface area contributed by atoms with E-state index in [0.717, 1.165) is 30.6 Å². The summed E-state index contributed by atoms with van der Waals surface area (Å²) in [7, 11) is 2.71. The van der Waals surface area contributed by atoms with E-state index in [1.165, 1.54) is 58.4 Å². The van der Waals surface area contributed by atoms with E-state index in [1.807, 2.05) is 24.3 Å². The summed E-state index contributed by atoms with van der Waals surface area (Å²) < 4.78 is 0. The van der Waals surface area contributed by atoms with Gasteiger partial charge in [-0.3, -0.25) is 19.2 Å². The highest BCUT2D eigenvalue weighted by Gasteiger charge is 2.36. The molecular weight excluding hydrogens is 766 g/mol. The van der Waals surface area contributed by atoms with Crippen LogP contribution in [0, 0.1) is 44.4 Å². The molecule has 0 radical (unpaired) electrons. The van der Waals surface area contributed by atoms with Gasteiger partial charge in [-0.15, -0.1) is 9.24 Å². The van der Waals surface area contributed by atoms with Crippen molar-refractivity contribution in [2.75, 3.05) is 19.4 Å². The average Bonchev–Trinajstić information content (AvgIpc) is 3.16. The fourth-order valence-electron chi connectivity index (χ4n) is 6.67.